The molecule has 3 aromatic carbocycles. The van der Waals surface area contributed by atoms with E-state index in [-0.39, 0.29) is 53.4 Å². The van der Waals surface area contributed by atoms with Crippen molar-refractivity contribution in [3.05, 3.63) is 68.3 Å². The van der Waals surface area contributed by atoms with Gasteiger partial charge in [0.1, 0.15) is 28.2 Å². The smallest absolute Gasteiger partial charge is 0.312 e. The summed E-state index contributed by atoms with van der Waals surface area (Å²) in [5.41, 5.74) is 0.435. The zero-order chi connectivity index (χ0) is 26.0. The van der Waals surface area contributed by atoms with Crippen molar-refractivity contribution in [2.45, 2.75) is 18.9 Å². The Labute approximate surface area is 212 Å². The molecule has 10 nitrogen and oxygen atoms in total. The fourth-order valence-corrected chi connectivity index (χ4v) is 5.02. The fourth-order valence-electron chi connectivity index (χ4n) is 4.78. The maximum atomic E-state index is 13.2. The van der Waals surface area contributed by atoms with Crippen LogP contribution in [-0.4, -0.2) is 33.2 Å². The Balaban J connectivity index is 1.68. The number of rotatable bonds is 2. The number of aromatic hydroxyl groups is 4. The third-order valence-electron chi connectivity index (χ3n) is 6.38. The van der Waals surface area contributed by atoms with E-state index in [4.69, 9.17) is 30.2 Å². The lowest BCUT2D eigenvalue weighted by atomic mass is 9.83. The topological polar surface area (TPSA) is 156 Å². The molecule has 2 aliphatic rings. The number of fused-ring (bicyclic) bond motifs is 4. The van der Waals surface area contributed by atoms with Crippen LogP contribution in [0.1, 0.15) is 29.0 Å². The Morgan fingerprint density at radius 1 is 0.946 bits per heavy atom. The van der Waals surface area contributed by atoms with Gasteiger partial charge in [0.05, 0.1) is 13.0 Å². The van der Waals surface area contributed by atoms with Crippen LogP contribution in [0, 0.1) is 0 Å². The molecule has 188 valence electrons. The van der Waals surface area contributed by atoms with E-state index < -0.39 is 40.3 Å². The molecule has 37 heavy (non-hydrogen) atoms. The van der Waals surface area contributed by atoms with Crippen molar-refractivity contribution in [2.75, 3.05) is 6.79 Å². The van der Waals surface area contributed by atoms with E-state index in [0.29, 0.717) is 21.9 Å². The maximum absolute atomic E-state index is 13.2. The predicted molar refractivity (Wildman–Crippen MR) is 128 cm³/mol. The van der Waals surface area contributed by atoms with Crippen LogP contribution < -0.4 is 14.9 Å². The number of phenolic OH excluding ortho intramolecular Hbond substituents is 3. The van der Waals surface area contributed by atoms with Crippen LogP contribution in [0.2, 0.25) is 5.02 Å². The summed E-state index contributed by atoms with van der Waals surface area (Å²) < 4.78 is 22.5. The van der Waals surface area contributed by atoms with E-state index >= 15 is 0 Å². The van der Waals surface area contributed by atoms with E-state index in [1.165, 1.54) is 6.07 Å². The minimum Gasteiger partial charge on any atom is -0.507 e. The van der Waals surface area contributed by atoms with Gasteiger partial charge < -0.3 is 39.1 Å². The molecule has 0 amide bonds. The standard InChI is InChI=1S/C26H17ClO10/c27-12-3-11-8-34-9-35-24(11)14(5-12)13-6-19(31)36-18-7-17(30)21-22(32)23(33)25(37-26(21)20(13)18)10-1-2-15(28)16(29)4-10/h1-5,7,13,28-30,33H,6,8-9H2/t13-/m0/s1. The van der Waals surface area contributed by atoms with Gasteiger partial charge >= 0.3 is 5.97 Å². The van der Waals surface area contributed by atoms with E-state index in [2.05, 4.69) is 0 Å². The number of carbonyl (C=O) groups excluding carboxylic acids is 1. The average molecular weight is 525 g/mol. The van der Waals surface area contributed by atoms with Gasteiger partial charge in [-0.3, -0.25) is 9.59 Å². The number of halogens is 1. The van der Waals surface area contributed by atoms with Gasteiger partial charge in [0.15, 0.2) is 24.1 Å². The minimum atomic E-state index is -0.947. The highest BCUT2D eigenvalue weighted by Crippen LogP contribution is 2.50. The van der Waals surface area contributed by atoms with Crippen LogP contribution >= 0.6 is 11.6 Å². The van der Waals surface area contributed by atoms with E-state index in [9.17, 15) is 30.0 Å². The molecule has 2 aliphatic heterocycles. The molecular formula is C26H17ClO10. The van der Waals surface area contributed by atoms with Crippen LogP contribution in [0.5, 0.6) is 34.5 Å². The van der Waals surface area contributed by atoms with Crippen molar-refractivity contribution >= 4 is 28.5 Å². The largest absolute Gasteiger partial charge is 0.507 e. The molecule has 0 aliphatic carbocycles. The number of esters is 1. The summed E-state index contributed by atoms with van der Waals surface area (Å²) in [6.07, 6.45) is -0.163. The monoisotopic (exact) mass is 524 g/mol. The highest BCUT2D eigenvalue weighted by Gasteiger charge is 2.37. The molecule has 4 aromatic rings. The van der Waals surface area contributed by atoms with Crippen LogP contribution in [0.15, 0.2) is 45.6 Å². The molecule has 0 saturated heterocycles. The zero-order valence-corrected chi connectivity index (χ0v) is 19.5. The quantitative estimate of drug-likeness (QED) is 0.170. The second-order valence-corrected chi connectivity index (χ2v) is 9.09. The van der Waals surface area contributed by atoms with E-state index in [1.807, 2.05) is 0 Å². The van der Waals surface area contributed by atoms with Crippen molar-refractivity contribution in [3.8, 4) is 45.8 Å². The van der Waals surface area contributed by atoms with E-state index in [0.717, 1.165) is 18.2 Å². The van der Waals surface area contributed by atoms with Crippen LogP contribution in [0.3, 0.4) is 0 Å². The molecule has 1 aromatic heterocycles. The highest BCUT2D eigenvalue weighted by atomic mass is 35.5. The maximum Gasteiger partial charge on any atom is 0.312 e. The summed E-state index contributed by atoms with van der Waals surface area (Å²) in [6, 6.07) is 8.03. The van der Waals surface area contributed by atoms with Crippen molar-refractivity contribution in [3.63, 3.8) is 0 Å². The molecule has 0 fully saturated rings. The fraction of sp³-hybridized carbons (Fsp3) is 0.154. The van der Waals surface area contributed by atoms with E-state index in [1.54, 1.807) is 12.1 Å². The lowest BCUT2D eigenvalue weighted by molar-refractivity contribution is -0.135. The second kappa shape index (κ2) is 8.32. The number of ether oxygens (including phenoxy) is 3. The predicted octanol–water partition coefficient (Wildman–Crippen LogP) is 4.24. The summed E-state index contributed by atoms with van der Waals surface area (Å²) in [5, 5.41) is 41.0. The molecule has 0 spiro atoms. The van der Waals surface area contributed by atoms with Gasteiger partial charge in [0.2, 0.25) is 11.2 Å². The number of carbonyl (C=O) groups is 1. The second-order valence-electron chi connectivity index (χ2n) is 8.65. The third kappa shape index (κ3) is 3.61. The number of hydrogen-bond acceptors (Lipinski definition) is 10. The molecule has 11 heteroatoms. The van der Waals surface area contributed by atoms with Crippen molar-refractivity contribution in [1.29, 1.82) is 0 Å². The molecule has 0 radical (unpaired) electrons. The minimum absolute atomic E-state index is 0.0145. The van der Waals surface area contributed by atoms with Crippen molar-refractivity contribution < 1.29 is 43.8 Å². The Morgan fingerprint density at radius 3 is 2.54 bits per heavy atom. The summed E-state index contributed by atoms with van der Waals surface area (Å²) >= 11 is 6.37. The lowest BCUT2D eigenvalue weighted by Crippen LogP contribution is -2.23. The summed E-state index contributed by atoms with van der Waals surface area (Å²) in [4.78, 5) is 25.8. The van der Waals surface area contributed by atoms with Gasteiger partial charge in [-0.1, -0.05) is 11.6 Å². The molecule has 0 unspecified atom stereocenters. The first-order valence-corrected chi connectivity index (χ1v) is 11.4. The van der Waals surface area contributed by atoms with Crippen molar-refractivity contribution in [1.82, 2.24) is 0 Å². The molecule has 1 atom stereocenters. The Kier molecular flexibility index (Phi) is 5.18. The average Bonchev–Trinajstić information content (AvgIpc) is 2.86. The molecular weight excluding hydrogens is 508 g/mol. The number of benzene rings is 3. The Morgan fingerprint density at radius 2 is 1.76 bits per heavy atom. The van der Waals surface area contributed by atoms with Crippen LogP contribution in [-0.2, 0) is 16.1 Å². The van der Waals surface area contributed by atoms with Gasteiger partial charge in [-0.05, 0) is 30.3 Å². The molecule has 3 heterocycles. The first-order chi connectivity index (χ1) is 17.7. The third-order valence-corrected chi connectivity index (χ3v) is 6.60. The SMILES string of the molecule is O=C1C[C@@H](c2cc(Cl)cc3c2OCOC3)c2c(cc(O)c3c(=O)c(O)c(-c4ccc(O)c(O)c4)oc23)O1. The zero-order valence-electron chi connectivity index (χ0n) is 18.8. The summed E-state index contributed by atoms with van der Waals surface area (Å²) in [7, 11) is 0. The van der Waals surface area contributed by atoms with Gasteiger partial charge in [-0.25, -0.2) is 0 Å². The van der Waals surface area contributed by atoms with Gasteiger partial charge in [0.25, 0.3) is 0 Å². The first-order valence-electron chi connectivity index (χ1n) is 11.0. The lowest BCUT2D eigenvalue weighted by Gasteiger charge is -2.29. The van der Waals surface area contributed by atoms with Crippen molar-refractivity contribution in [2.24, 2.45) is 0 Å². The normalized spacial score (nSPS) is 16.6. The summed E-state index contributed by atoms with van der Waals surface area (Å²) in [5.74, 6) is -3.57. The molecule has 0 saturated carbocycles. The molecule has 0 bridgehead atoms. The highest BCUT2D eigenvalue weighted by molar-refractivity contribution is 6.30. The summed E-state index contributed by atoms with van der Waals surface area (Å²) in [6.45, 7) is 0.222. The van der Waals surface area contributed by atoms with Gasteiger partial charge in [-0.2, -0.15) is 0 Å². The van der Waals surface area contributed by atoms with Gasteiger partial charge in [-0.15, -0.1) is 0 Å². The number of phenols is 3. The van der Waals surface area contributed by atoms with Gasteiger partial charge in [0, 0.05) is 39.3 Å². The first kappa shape index (κ1) is 23.0. The number of hydrogen-bond donors (Lipinski definition) is 4. The Bertz CT molecular complexity index is 1690. The van der Waals surface area contributed by atoms with Crippen LogP contribution in [0.25, 0.3) is 22.3 Å². The van der Waals surface area contributed by atoms with Crippen LogP contribution in [0.4, 0.5) is 0 Å². The molecule has 4 N–H and O–H groups in total. The molecule has 6 rings (SSSR count). The Hall–Kier alpha value is -4.41.